The lowest BCUT2D eigenvalue weighted by atomic mass is 9.90. The zero-order chi connectivity index (χ0) is 19.8. The van der Waals surface area contributed by atoms with E-state index in [1.807, 2.05) is 0 Å². The summed E-state index contributed by atoms with van der Waals surface area (Å²) in [5.41, 5.74) is -4.42. The first-order chi connectivity index (χ1) is 11.7. The van der Waals surface area contributed by atoms with Crippen molar-refractivity contribution in [2.45, 2.75) is 24.5 Å². The molecule has 21 heavy (non-hydrogen) atoms. The second-order valence-corrected chi connectivity index (χ2v) is 4.69. The van der Waals surface area contributed by atoms with Crippen LogP contribution >= 0.6 is 11.6 Å². The van der Waals surface area contributed by atoms with Crippen molar-refractivity contribution in [1.29, 1.82) is 0 Å². The van der Waals surface area contributed by atoms with Gasteiger partial charge in [0, 0.05) is 23.3 Å². The van der Waals surface area contributed by atoms with Gasteiger partial charge in [-0.1, -0.05) is 17.5 Å². The first-order valence-electron chi connectivity index (χ1n) is 8.11. The van der Waals surface area contributed by atoms with Gasteiger partial charge in [-0.05, 0) is 36.9 Å². The van der Waals surface area contributed by atoms with Gasteiger partial charge in [0.2, 0.25) is 0 Å². The molecule has 1 atom stereocenters. The number of amides is 1. The number of alkyl halides is 3. The number of benzene rings is 1. The van der Waals surface area contributed by atoms with Crippen molar-refractivity contribution in [2.24, 2.45) is 5.89 Å². The quantitative estimate of drug-likeness (QED) is 0.732. The summed E-state index contributed by atoms with van der Waals surface area (Å²) in [5, 5.41) is 1.98. The fourth-order valence-electron chi connectivity index (χ4n) is 1.86. The van der Waals surface area contributed by atoms with Crippen LogP contribution < -0.4 is 5.32 Å². The van der Waals surface area contributed by atoms with E-state index < -0.39 is 42.1 Å². The van der Waals surface area contributed by atoms with Crippen LogP contribution in [0.1, 0.15) is 25.2 Å². The molecule has 0 spiro atoms. The fraction of sp³-hybridized carbons (Fsp3) is 0.357. The summed E-state index contributed by atoms with van der Waals surface area (Å²) in [6.07, 6.45) is -12.3. The van der Waals surface area contributed by atoms with E-state index in [1.54, 1.807) is 11.8 Å². The molecule has 1 aromatic rings. The Balaban J connectivity index is 2.24. The minimum Gasteiger partial charge on any atom is -0.415 e. The van der Waals surface area contributed by atoms with Crippen molar-refractivity contribution in [1.82, 2.24) is 0 Å². The van der Waals surface area contributed by atoms with Crippen molar-refractivity contribution in [3.63, 3.8) is 0 Å². The lowest BCUT2D eigenvalue weighted by molar-refractivity contribution is -0.239. The third kappa shape index (κ3) is 2.42. The Morgan fingerprint density at radius 3 is 2.86 bits per heavy atom. The SMILES string of the molecule is [2H]C1([2H])C([2H])([2H])C1([2H])C#CC1(C(F)(F)F)OC(=O)Nc2ccc(Cl)cc21. The van der Waals surface area contributed by atoms with Crippen molar-refractivity contribution in [3.05, 3.63) is 28.8 Å². The maximum atomic E-state index is 13.9. The minimum atomic E-state index is -5.26. The third-order valence-electron chi connectivity index (χ3n) is 2.86. The average Bonchev–Trinajstić information content (AvgIpc) is 2.81. The smallest absolute Gasteiger partial charge is 0.415 e. The Hall–Kier alpha value is -1.87. The normalized spacial score (nSPS) is 34.1. The maximum Gasteiger partial charge on any atom is 0.445 e. The molecule has 3 nitrogen and oxygen atoms in total. The predicted octanol–water partition coefficient (Wildman–Crippen LogP) is 4.07. The highest BCUT2D eigenvalue weighted by molar-refractivity contribution is 6.30. The number of fused-ring (bicyclic) bond motifs is 1. The maximum absolute atomic E-state index is 13.9. The molecule has 0 bridgehead atoms. The third-order valence-corrected chi connectivity index (χ3v) is 3.09. The molecule has 1 aromatic carbocycles. The Labute approximate surface area is 130 Å². The van der Waals surface area contributed by atoms with Gasteiger partial charge >= 0.3 is 12.3 Å². The van der Waals surface area contributed by atoms with Crippen LogP contribution in [0.3, 0.4) is 0 Å². The first kappa shape index (κ1) is 9.21. The lowest BCUT2D eigenvalue weighted by Gasteiger charge is -2.35. The number of carbonyl (C=O) groups excluding carboxylic acids is 1. The van der Waals surface area contributed by atoms with Crippen LogP contribution in [0.2, 0.25) is 5.02 Å². The molecule has 0 radical (unpaired) electrons. The highest BCUT2D eigenvalue weighted by Gasteiger charge is 2.62. The summed E-state index contributed by atoms with van der Waals surface area (Å²) < 4.78 is 83.6. The highest BCUT2D eigenvalue weighted by atomic mass is 35.5. The van der Waals surface area contributed by atoms with Crippen molar-refractivity contribution >= 4 is 23.4 Å². The molecule has 1 aliphatic heterocycles. The summed E-state index contributed by atoms with van der Waals surface area (Å²) in [6, 6.07) is 3.24. The number of cyclic esters (lactones) is 1. The Morgan fingerprint density at radius 2 is 2.24 bits per heavy atom. The van der Waals surface area contributed by atoms with Gasteiger partial charge in [0.1, 0.15) is 0 Å². The number of ether oxygens (including phenoxy) is 1. The van der Waals surface area contributed by atoms with Crippen LogP contribution in [0, 0.1) is 17.7 Å². The fourth-order valence-corrected chi connectivity index (χ4v) is 2.04. The van der Waals surface area contributed by atoms with E-state index in [1.165, 1.54) is 6.07 Å². The van der Waals surface area contributed by atoms with Gasteiger partial charge in [-0.25, -0.2) is 4.79 Å². The van der Waals surface area contributed by atoms with Crippen LogP contribution in [0.25, 0.3) is 0 Å². The number of halogens is 4. The van der Waals surface area contributed by atoms with Gasteiger partial charge in [0.15, 0.2) is 0 Å². The number of rotatable bonds is 0. The molecule has 1 fully saturated rings. The Morgan fingerprint density at radius 1 is 1.52 bits per heavy atom. The standard InChI is InChI=1S/C14H9ClF3NO2/c15-9-3-4-11-10(7-9)13(14(16,17)18,21-12(20)19-11)6-5-8-1-2-8/h3-4,7-8H,1-2H2,(H,19,20)/i1D2,2D2,8D. The van der Waals surface area contributed by atoms with E-state index in [0.29, 0.717) is 0 Å². The minimum absolute atomic E-state index is 0.100. The molecule has 2 aliphatic rings. The summed E-state index contributed by atoms with van der Waals surface area (Å²) in [7, 11) is 0. The summed E-state index contributed by atoms with van der Waals surface area (Å²) in [4.78, 5) is 11.6. The second-order valence-electron chi connectivity index (χ2n) is 4.26. The molecule has 1 saturated carbocycles. The van der Waals surface area contributed by atoms with Gasteiger partial charge in [-0.3, -0.25) is 5.32 Å². The molecule has 110 valence electrons. The van der Waals surface area contributed by atoms with Gasteiger partial charge in [0.05, 0.1) is 5.69 Å². The largest absolute Gasteiger partial charge is 0.445 e. The van der Waals surface area contributed by atoms with Gasteiger partial charge in [0.25, 0.3) is 5.60 Å². The second kappa shape index (κ2) is 4.57. The number of anilines is 1. The van der Waals surface area contributed by atoms with Gasteiger partial charge in [-0.2, -0.15) is 13.2 Å². The van der Waals surface area contributed by atoms with Gasteiger partial charge in [-0.15, -0.1) is 0 Å². The molecule has 1 heterocycles. The molecule has 0 aromatic heterocycles. The molecule has 1 N–H and O–H groups in total. The van der Waals surface area contributed by atoms with E-state index in [4.69, 9.17) is 18.5 Å². The highest BCUT2D eigenvalue weighted by Crippen LogP contribution is 2.48. The van der Waals surface area contributed by atoms with Crippen molar-refractivity contribution < 1.29 is 29.6 Å². The topological polar surface area (TPSA) is 38.3 Å². The van der Waals surface area contributed by atoms with E-state index >= 15 is 0 Å². The lowest BCUT2D eigenvalue weighted by Crippen LogP contribution is -2.49. The zero-order valence-electron chi connectivity index (χ0n) is 15.1. The van der Waals surface area contributed by atoms with Crippen LogP contribution in [0.5, 0.6) is 0 Å². The Kier molecular flexibility index (Phi) is 2.00. The zero-order valence-corrected chi connectivity index (χ0v) is 10.8. The number of hydrogen-bond acceptors (Lipinski definition) is 2. The summed E-state index contributed by atoms with van der Waals surface area (Å²) in [5.74, 6) is 0.587. The van der Waals surface area contributed by atoms with Crippen LogP contribution in [-0.4, -0.2) is 12.3 Å². The average molecular weight is 321 g/mol. The van der Waals surface area contributed by atoms with E-state index in [2.05, 4.69) is 10.1 Å². The first-order valence-corrected chi connectivity index (χ1v) is 5.98. The van der Waals surface area contributed by atoms with Gasteiger partial charge < -0.3 is 4.74 Å². The molecular weight excluding hydrogens is 307 g/mol. The van der Waals surface area contributed by atoms with Crippen LogP contribution in [0.4, 0.5) is 23.7 Å². The summed E-state index contributed by atoms with van der Waals surface area (Å²) >= 11 is 5.74. The number of nitrogens with one attached hydrogen (secondary N) is 1. The van der Waals surface area contributed by atoms with E-state index in [0.717, 1.165) is 12.1 Å². The summed E-state index contributed by atoms with van der Waals surface area (Å²) in [6.45, 7) is 0. The molecule has 1 aliphatic carbocycles. The Bertz CT molecular complexity index is 866. The van der Waals surface area contributed by atoms with E-state index in [9.17, 15) is 18.0 Å². The molecule has 0 saturated heterocycles. The van der Waals surface area contributed by atoms with Crippen molar-refractivity contribution in [2.75, 3.05) is 5.32 Å². The molecular formula is C14H9ClF3NO2. The predicted molar refractivity (Wildman–Crippen MR) is 69.8 cm³/mol. The van der Waals surface area contributed by atoms with Crippen LogP contribution in [0.15, 0.2) is 18.2 Å². The number of hydrogen-bond donors (Lipinski definition) is 1. The van der Waals surface area contributed by atoms with E-state index in [-0.39, 0.29) is 10.7 Å². The van der Waals surface area contributed by atoms with Crippen LogP contribution in [-0.2, 0) is 10.3 Å². The van der Waals surface area contributed by atoms with Crippen molar-refractivity contribution in [3.8, 4) is 11.8 Å². The monoisotopic (exact) mass is 320 g/mol. The molecule has 1 amide bonds. The molecule has 3 rings (SSSR count). The molecule has 7 heteroatoms. The molecule has 1 unspecified atom stereocenters. The number of carbonyl (C=O) groups is 1.